The van der Waals surface area contributed by atoms with E-state index in [1.165, 1.54) is 19.4 Å². The van der Waals surface area contributed by atoms with Crippen LogP contribution in [0.5, 0.6) is 23.1 Å². The topological polar surface area (TPSA) is 249 Å². The number of alkyl carbamates (subject to hydrolysis) is 2. The van der Waals surface area contributed by atoms with Crippen molar-refractivity contribution < 1.29 is 202 Å². The molecule has 3 heterocycles. The molecule has 0 atom stereocenters. The monoisotopic (exact) mass is 1150 g/mol. The Morgan fingerprint density at radius 1 is 0.855 bits per heavy atom. The first-order valence-electron chi connectivity index (χ1n) is 19.2. The van der Waals surface area contributed by atoms with Gasteiger partial charge in [-0.05, 0) is 92.9 Å². The Morgan fingerprint density at radius 2 is 1.29 bits per heavy atom. The van der Waals surface area contributed by atoms with E-state index >= 15 is 0 Å². The number of nitrogens with one attached hydrogen (secondary N) is 3. The average Bonchev–Trinajstić information content (AvgIpc) is 3.19. The van der Waals surface area contributed by atoms with E-state index in [9.17, 15) is 19.2 Å². The standard InChI is InChI=1S/C19H27N3O5.C13H23ClN2O3.C6H6ClNO2.CH2O3.2Cs.H/c1-19(2,3)27-18(24)21-12-5-7-13(8-6-12)22-15-9-14(25-4)10-20-17(15)26-11-16(22)23;1-13(2,3)19-12(18)16-10-6-4-9(5-7-10)15-11(17)8-14;1-10-4-2-5(9)6(7)8-3-4;2-1-4-3;;;/h9-10,12-13H,5-8,11H2,1-4H3,(H,21,24);9-10H,4-8H2,1-3H3,(H,15,17)(H,16,18);2-3,9H,1H3;1,3H;;;/q;;;;2*+1;-1/p-1. The summed E-state index contributed by atoms with van der Waals surface area (Å²) in [5, 5.41) is 26.1. The van der Waals surface area contributed by atoms with Crippen molar-refractivity contribution in [3.05, 3.63) is 29.7 Å². The summed E-state index contributed by atoms with van der Waals surface area (Å²) in [6.45, 7) is 10.8. The van der Waals surface area contributed by atoms with Gasteiger partial charge in [0.15, 0.2) is 17.5 Å². The maximum Gasteiger partial charge on any atom is 1.00 e. The zero-order valence-corrected chi connectivity index (χ0v) is 51.3. The van der Waals surface area contributed by atoms with Gasteiger partial charge in [0.05, 0.1) is 26.6 Å². The van der Waals surface area contributed by atoms with E-state index in [0.717, 1.165) is 51.4 Å². The van der Waals surface area contributed by atoms with Gasteiger partial charge in [0.1, 0.15) is 34.3 Å². The van der Waals surface area contributed by atoms with Gasteiger partial charge in [0, 0.05) is 36.3 Å². The van der Waals surface area contributed by atoms with E-state index < -0.39 is 17.3 Å². The van der Waals surface area contributed by atoms with Gasteiger partial charge < -0.3 is 61.2 Å². The molecule has 4 N–H and O–H groups in total. The SMILES string of the molecule is CC(C)(C)OC(=O)NC1CCC(NC(=O)CCl)CC1.COc1cnc(Cl)c(O)c1.COc1cnc2c(c1)N(C1CCC(NC(=O)OC(C)(C)C)CC1)C(=O)CO2.O=CO[O-].[Cs+].[Cs+].[H-]. The molecule has 0 aromatic carbocycles. The van der Waals surface area contributed by atoms with E-state index in [4.69, 9.17) is 62.0 Å². The van der Waals surface area contributed by atoms with E-state index in [1.54, 1.807) is 24.3 Å². The van der Waals surface area contributed by atoms with Crippen molar-refractivity contribution in [3.63, 3.8) is 0 Å². The first-order chi connectivity index (χ1) is 28.2. The molecule has 5 rings (SSSR count). The van der Waals surface area contributed by atoms with Crippen molar-refractivity contribution >= 4 is 59.4 Å². The smallest absolute Gasteiger partial charge is 1.00 e. The number of nitrogens with zero attached hydrogens (tertiary/aromatic N) is 3. The molecule has 2 saturated carbocycles. The van der Waals surface area contributed by atoms with Crippen LogP contribution in [0.4, 0.5) is 15.3 Å². The van der Waals surface area contributed by atoms with Crippen molar-refractivity contribution in [2.45, 2.75) is 128 Å². The Labute approximate surface area is 492 Å². The van der Waals surface area contributed by atoms with Gasteiger partial charge in [-0.15, -0.1) is 11.6 Å². The number of hydrogen-bond donors (Lipinski definition) is 4. The van der Waals surface area contributed by atoms with E-state index in [0.29, 0.717) is 23.1 Å². The number of aromatic hydroxyl groups is 1. The molecule has 23 heteroatoms. The van der Waals surface area contributed by atoms with Gasteiger partial charge >= 0.3 is 150 Å². The normalized spacial score (nSPS) is 18.9. The van der Waals surface area contributed by atoms with Crippen molar-refractivity contribution in [1.29, 1.82) is 0 Å². The van der Waals surface area contributed by atoms with Gasteiger partial charge in [-0.2, -0.15) is 0 Å². The summed E-state index contributed by atoms with van der Waals surface area (Å²) in [5.41, 5.74) is -0.346. The number of alkyl halides is 1. The number of amides is 4. The Bertz CT molecular complexity index is 1710. The van der Waals surface area contributed by atoms with E-state index in [-0.39, 0.29) is 211 Å². The zero-order chi connectivity index (χ0) is 45.0. The number of aromatic nitrogens is 2. The molecule has 2 fully saturated rings. The molecular weight excluding hydrogens is 1100 g/mol. The molecule has 0 spiro atoms. The molecule has 2 aromatic rings. The van der Waals surface area contributed by atoms with Crippen molar-refractivity contribution in [1.82, 2.24) is 25.9 Å². The molecule has 3 aliphatic rings. The number of hydrogen-bond acceptors (Lipinski definition) is 15. The Hall–Kier alpha value is -0.906. The first-order valence-corrected chi connectivity index (χ1v) is 20.1. The van der Waals surface area contributed by atoms with Crippen LogP contribution in [0, 0.1) is 0 Å². The van der Waals surface area contributed by atoms with Crippen LogP contribution in [-0.4, -0.2) is 108 Å². The molecule has 338 valence electrons. The van der Waals surface area contributed by atoms with Crippen LogP contribution in [0.15, 0.2) is 24.5 Å². The number of ether oxygens (including phenoxy) is 5. The summed E-state index contributed by atoms with van der Waals surface area (Å²) in [7, 11) is 3.05. The van der Waals surface area contributed by atoms with Crippen molar-refractivity contribution in [2.75, 3.05) is 31.6 Å². The average molecular weight is 1160 g/mol. The molecule has 4 amide bonds. The second-order valence-corrected chi connectivity index (χ2v) is 16.3. The number of pyridine rings is 2. The quantitative estimate of drug-likeness (QED) is 0.0800. The van der Waals surface area contributed by atoms with Gasteiger partial charge in [-0.3, -0.25) is 14.4 Å². The van der Waals surface area contributed by atoms with Crippen LogP contribution in [-0.2, 0) is 28.7 Å². The number of carbonyl (C=O) groups excluding carboxylic acids is 5. The van der Waals surface area contributed by atoms with Gasteiger partial charge in [0.2, 0.25) is 11.8 Å². The minimum Gasteiger partial charge on any atom is -1.00 e. The number of carbonyl (C=O) groups is 5. The fourth-order valence-corrected chi connectivity index (χ4v) is 6.34. The summed E-state index contributed by atoms with van der Waals surface area (Å²) >= 11 is 10.9. The molecule has 19 nitrogen and oxygen atoms in total. The van der Waals surface area contributed by atoms with Crippen LogP contribution in [0.2, 0.25) is 5.15 Å². The molecule has 2 aromatic heterocycles. The Kier molecular flexibility index (Phi) is 30.7. The summed E-state index contributed by atoms with van der Waals surface area (Å²) < 4.78 is 26.0. The van der Waals surface area contributed by atoms with Crippen LogP contribution in [0.25, 0.3) is 0 Å². The molecule has 2 aliphatic carbocycles. The number of rotatable bonds is 8. The molecule has 0 radical (unpaired) electrons. The third-order valence-corrected chi connectivity index (χ3v) is 9.23. The van der Waals surface area contributed by atoms with Gasteiger partial charge in [0.25, 0.3) is 12.4 Å². The Balaban J connectivity index is 0. The van der Waals surface area contributed by atoms with E-state index in [1.807, 2.05) is 41.5 Å². The molecule has 1 aliphatic heterocycles. The minimum absolute atomic E-state index is 0. The van der Waals surface area contributed by atoms with Crippen LogP contribution in [0.3, 0.4) is 0 Å². The largest absolute Gasteiger partial charge is 1.00 e. The number of methoxy groups -OCH3 is 2. The fraction of sp³-hybridized carbons (Fsp3) is 0.615. The molecule has 62 heavy (non-hydrogen) atoms. The predicted octanol–water partition coefficient (Wildman–Crippen LogP) is -1.17. The zero-order valence-electron chi connectivity index (χ0n) is 38.2. The molecule has 0 bridgehead atoms. The van der Waals surface area contributed by atoms with Crippen molar-refractivity contribution in [2.24, 2.45) is 0 Å². The predicted molar refractivity (Wildman–Crippen MR) is 219 cm³/mol. The maximum absolute atomic E-state index is 12.5. The van der Waals surface area contributed by atoms with Gasteiger partial charge in [-0.25, -0.2) is 19.6 Å². The third kappa shape index (κ3) is 24.0. The van der Waals surface area contributed by atoms with Crippen LogP contribution < -0.4 is 178 Å². The molecule has 0 saturated heterocycles. The maximum atomic E-state index is 12.5. The second kappa shape index (κ2) is 31.1. The summed E-state index contributed by atoms with van der Waals surface area (Å²) in [6.07, 6.45) is 8.74. The van der Waals surface area contributed by atoms with Gasteiger partial charge in [-0.1, -0.05) is 11.6 Å². The first kappa shape index (κ1) is 61.1. The van der Waals surface area contributed by atoms with Crippen LogP contribution >= 0.6 is 23.2 Å². The molecular formula is C39H58Cl2Cs2N6O13. The number of halogens is 2. The second-order valence-electron chi connectivity index (χ2n) is 15.7. The van der Waals surface area contributed by atoms with E-state index in [2.05, 4.69) is 30.8 Å². The number of fused-ring (bicyclic) bond motifs is 1. The van der Waals surface area contributed by atoms with Crippen molar-refractivity contribution in [3.8, 4) is 23.1 Å². The third-order valence-electron chi connectivity index (χ3n) is 8.69. The fourth-order valence-electron chi connectivity index (χ4n) is 6.16. The Morgan fingerprint density at radius 3 is 1.71 bits per heavy atom. The van der Waals surface area contributed by atoms with Crippen LogP contribution in [0.1, 0.15) is 94.3 Å². The summed E-state index contributed by atoms with van der Waals surface area (Å²) in [5.74, 6) is 1.23. The number of anilines is 1. The summed E-state index contributed by atoms with van der Waals surface area (Å²) in [4.78, 5) is 68.2. The minimum atomic E-state index is -0.517. The molecule has 0 unspecified atom stereocenters. The summed E-state index contributed by atoms with van der Waals surface area (Å²) in [6, 6.07) is 3.57.